The van der Waals surface area contributed by atoms with Crippen molar-refractivity contribution in [2.24, 2.45) is 0 Å². The number of carboxylic acid groups (broad SMARTS) is 1. The van der Waals surface area contributed by atoms with Gasteiger partial charge >= 0.3 is 5.97 Å². The minimum absolute atomic E-state index is 0.331. The Labute approximate surface area is 145 Å². The zero-order valence-electron chi connectivity index (χ0n) is 14.8. The van der Waals surface area contributed by atoms with Crippen molar-refractivity contribution < 1.29 is 19.7 Å². The minimum atomic E-state index is -0.969. The summed E-state index contributed by atoms with van der Waals surface area (Å²) in [6, 6.07) is 0. The maximum Gasteiger partial charge on any atom is 0.328 e. The molecule has 4 nitrogen and oxygen atoms in total. The van der Waals surface area contributed by atoms with E-state index in [1.165, 1.54) is 44.6 Å². The molecule has 3 unspecified atom stereocenters. The van der Waals surface area contributed by atoms with E-state index in [4.69, 9.17) is 9.84 Å². The number of rotatable bonds is 14. The molecule has 1 aliphatic rings. The van der Waals surface area contributed by atoms with Crippen molar-refractivity contribution in [1.29, 1.82) is 0 Å². The number of carboxylic acids is 1. The van der Waals surface area contributed by atoms with Crippen molar-refractivity contribution in [3.8, 4) is 0 Å². The number of aliphatic hydroxyl groups is 1. The number of epoxide rings is 1. The normalized spacial score (nSPS) is 21.9. The van der Waals surface area contributed by atoms with Crippen LogP contribution in [-0.2, 0) is 9.53 Å². The Hall–Kier alpha value is -1.39. The van der Waals surface area contributed by atoms with Gasteiger partial charge < -0.3 is 14.9 Å². The highest BCUT2D eigenvalue weighted by Crippen LogP contribution is 2.31. The van der Waals surface area contributed by atoms with Crippen LogP contribution in [0.2, 0.25) is 0 Å². The fraction of sp³-hybridized carbons (Fsp3) is 0.650. The fourth-order valence-electron chi connectivity index (χ4n) is 2.70. The van der Waals surface area contributed by atoms with E-state index in [0.29, 0.717) is 18.6 Å². The summed E-state index contributed by atoms with van der Waals surface area (Å²) in [6.45, 7) is 2.24. The predicted octanol–water partition coefficient (Wildman–Crippen LogP) is 4.40. The number of hydrogen-bond donors (Lipinski definition) is 2. The summed E-state index contributed by atoms with van der Waals surface area (Å²) in [4.78, 5) is 10.3. The monoisotopic (exact) mass is 336 g/mol. The molecule has 1 aliphatic heterocycles. The van der Waals surface area contributed by atoms with Gasteiger partial charge in [0.1, 0.15) is 0 Å². The van der Waals surface area contributed by atoms with Gasteiger partial charge in [-0.1, -0.05) is 75.8 Å². The summed E-state index contributed by atoms with van der Waals surface area (Å²) in [5, 5.41) is 18.3. The van der Waals surface area contributed by atoms with Gasteiger partial charge in [-0.3, -0.25) is 0 Å². The molecule has 1 fully saturated rings. The zero-order chi connectivity index (χ0) is 17.6. The Balaban J connectivity index is 2.00. The van der Waals surface area contributed by atoms with E-state index in [-0.39, 0.29) is 0 Å². The Bertz CT molecular complexity index is 425. The number of carbonyl (C=O) groups is 1. The van der Waals surface area contributed by atoms with Crippen LogP contribution in [0, 0.1) is 0 Å². The molecular weight excluding hydrogens is 304 g/mol. The lowest BCUT2D eigenvalue weighted by molar-refractivity contribution is -0.131. The number of hydrogen-bond acceptors (Lipinski definition) is 3. The molecule has 136 valence electrons. The average molecular weight is 336 g/mol. The van der Waals surface area contributed by atoms with Gasteiger partial charge in [-0.25, -0.2) is 4.79 Å². The van der Waals surface area contributed by atoms with Gasteiger partial charge in [0.05, 0.1) is 18.3 Å². The van der Waals surface area contributed by atoms with E-state index in [9.17, 15) is 9.90 Å². The smallest absolute Gasteiger partial charge is 0.328 e. The lowest BCUT2D eigenvalue weighted by Crippen LogP contribution is -2.05. The minimum Gasteiger partial charge on any atom is -0.478 e. The molecule has 0 radical (unpaired) electrons. The molecule has 24 heavy (non-hydrogen) atoms. The summed E-state index contributed by atoms with van der Waals surface area (Å²) in [5.41, 5.74) is 0. The second kappa shape index (κ2) is 13.0. The number of unbranched alkanes of at least 4 members (excludes halogenated alkanes) is 5. The molecule has 3 atom stereocenters. The third kappa shape index (κ3) is 11.2. The van der Waals surface area contributed by atoms with Crippen LogP contribution in [0.4, 0.5) is 0 Å². The summed E-state index contributed by atoms with van der Waals surface area (Å²) < 4.78 is 5.66. The Kier molecular flexibility index (Phi) is 11.2. The Morgan fingerprint density at radius 1 is 1.00 bits per heavy atom. The third-order valence-electron chi connectivity index (χ3n) is 4.18. The van der Waals surface area contributed by atoms with Crippen LogP contribution >= 0.6 is 0 Å². The van der Waals surface area contributed by atoms with Gasteiger partial charge in [0.25, 0.3) is 0 Å². The van der Waals surface area contributed by atoms with Crippen LogP contribution in [0.1, 0.15) is 64.7 Å². The lowest BCUT2D eigenvalue weighted by Gasteiger charge is -2.02. The zero-order valence-corrected chi connectivity index (χ0v) is 14.8. The second-order valence-electron chi connectivity index (χ2n) is 6.38. The first-order valence-electron chi connectivity index (χ1n) is 9.21. The van der Waals surface area contributed by atoms with Crippen molar-refractivity contribution in [1.82, 2.24) is 0 Å². The molecule has 0 aromatic carbocycles. The van der Waals surface area contributed by atoms with Crippen LogP contribution in [-0.4, -0.2) is 34.5 Å². The van der Waals surface area contributed by atoms with Crippen molar-refractivity contribution in [3.05, 3.63) is 36.5 Å². The Morgan fingerprint density at radius 3 is 2.42 bits per heavy atom. The second-order valence-corrected chi connectivity index (χ2v) is 6.38. The van der Waals surface area contributed by atoms with Crippen LogP contribution in [0.25, 0.3) is 0 Å². The molecule has 0 aromatic rings. The number of aliphatic carboxylic acids is 1. The number of aliphatic hydroxyl groups excluding tert-OH is 1. The molecule has 4 heteroatoms. The van der Waals surface area contributed by atoms with Gasteiger partial charge in [0, 0.05) is 6.08 Å². The highest BCUT2D eigenvalue weighted by molar-refractivity contribution is 5.80. The lowest BCUT2D eigenvalue weighted by atomic mass is 10.0. The van der Waals surface area contributed by atoms with Crippen LogP contribution in [0.3, 0.4) is 0 Å². The topological polar surface area (TPSA) is 70.1 Å². The summed E-state index contributed by atoms with van der Waals surface area (Å²) in [7, 11) is 0. The third-order valence-corrected chi connectivity index (χ3v) is 4.18. The van der Waals surface area contributed by atoms with Crippen molar-refractivity contribution in [3.63, 3.8) is 0 Å². The van der Waals surface area contributed by atoms with Crippen molar-refractivity contribution in [2.45, 2.75) is 83.0 Å². The highest BCUT2D eigenvalue weighted by atomic mass is 16.6. The molecule has 0 spiro atoms. The fourth-order valence-corrected chi connectivity index (χ4v) is 2.70. The molecule has 0 saturated carbocycles. The molecule has 0 bridgehead atoms. The summed E-state index contributed by atoms with van der Waals surface area (Å²) >= 11 is 0. The van der Waals surface area contributed by atoms with Gasteiger partial charge in [0.15, 0.2) is 0 Å². The predicted molar refractivity (Wildman–Crippen MR) is 97.0 cm³/mol. The van der Waals surface area contributed by atoms with E-state index >= 15 is 0 Å². The van der Waals surface area contributed by atoms with E-state index in [0.717, 1.165) is 18.9 Å². The first kappa shape index (κ1) is 20.7. The highest BCUT2D eigenvalue weighted by Gasteiger charge is 2.37. The molecule has 1 saturated heterocycles. The van der Waals surface area contributed by atoms with Crippen LogP contribution < -0.4 is 0 Å². The number of ether oxygens (including phenoxy) is 1. The van der Waals surface area contributed by atoms with E-state index in [1.54, 1.807) is 24.3 Å². The number of allylic oxidation sites excluding steroid dienone is 4. The summed E-state index contributed by atoms with van der Waals surface area (Å²) in [5.74, 6) is -0.969. The van der Waals surface area contributed by atoms with Gasteiger partial charge in [-0.05, 0) is 19.3 Å². The van der Waals surface area contributed by atoms with E-state index in [2.05, 4.69) is 6.92 Å². The largest absolute Gasteiger partial charge is 0.478 e. The van der Waals surface area contributed by atoms with Crippen LogP contribution in [0.15, 0.2) is 36.5 Å². The first-order chi connectivity index (χ1) is 11.6. The van der Waals surface area contributed by atoms with Crippen molar-refractivity contribution in [2.75, 3.05) is 0 Å². The van der Waals surface area contributed by atoms with Crippen molar-refractivity contribution >= 4 is 5.97 Å². The quantitative estimate of drug-likeness (QED) is 0.213. The standard InChI is InChI=1S/C20H32O4/c1-2-3-4-5-6-10-13-18-19(24-18)16-15-17(21)12-9-7-8-11-14-20(22)23/h7-9,11-12,14,17-19,21H,2-6,10,13,15-16H2,1H3,(H,22,23). The molecule has 1 rings (SSSR count). The van der Waals surface area contributed by atoms with Gasteiger partial charge in [0.2, 0.25) is 0 Å². The van der Waals surface area contributed by atoms with Gasteiger partial charge in [-0.2, -0.15) is 0 Å². The van der Waals surface area contributed by atoms with E-state index in [1.807, 2.05) is 0 Å². The molecular formula is C20H32O4. The maximum absolute atomic E-state index is 10.3. The van der Waals surface area contributed by atoms with E-state index < -0.39 is 12.1 Å². The molecule has 2 N–H and O–H groups in total. The Morgan fingerprint density at radius 2 is 1.67 bits per heavy atom. The molecule has 0 aromatic heterocycles. The first-order valence-corrected chi connectivity index (χ1v) is 9.21. The maximum atomic E-state index is 10.3. The average Bonchev–Trinajstić information content (AvgIpc) is 3.30. The molecule has 0 amide bonds. The van der Waals surface area contributed by atoms with Crippen LogP contribution in [0.5, 0.6) is 0 Å². The molecule has 0 aliphatic carbocycles. The SMILES string of the molecule is CCCCCCCCC1OC1CCC(O)C=CC=CC=CC(=O)O. The van der Waals surface area contributed by atoms with Gasteiger partial charge in [-0.15, -0.1) is 0 Å². The summed E-state index contributed by atoms with van der Waals surface area (Å²) in [6.07, 6.45) is 20.2. The molecule has 1 heterocycles.